The van der Waals surface area contributed by atoms with Crippen LogP contribution >= 0.6 is 0 Å². The van der Waals surface area contributed by atoms with E-state index in [1.165, 1.54) is 0 Å². The molecule has 1 rings (SSSR count). The topological polar surface area (TPSA) is 64.3 Å². The van der Waals surface area contributed by atoms with Crippen molar-refractivity contribution < 1.29 is 9.53 Å². The number of hydrogen-bond donors (Lipinski definition) is 2. The summed E-state index contributed by atoms with van der Waals surface area (Å²) in [5, 5.41) is 2.86. The monoisotopic (exact) mass is 278 g/mol. The van der Waals surface area contributed by atoms with Crippen LogP contribution in [0.25, 0.3) is 0 Å². The van der Waals surface area contributed by atoms with Gasteiger partial charge < -0.3 is 15.8 Å². The van der Waals surface area contributed by atoms with Crippen LogP contribution in [0.2, 0.25) is 0 Å². The third kappa shape index (κ3) is 6.57. The van der Waals surface area contributed by atoms with Crippen molar-refractivity contribution in [3.63, 3.8) is 0 Å². The highest BCUT2D eigenvalue weighted by Crippen LogP contribution is 2.19. The fourth-order valence-corrected chi connectivity index (χ4v) is 1.85. The molecule has 4 nitrogen and oxygen atoms in total. The first kappa shape index (κ1) is 16.5. The molecular weight excluding hydrogens is 252 g/mol. The molecule has 112 valence electrons. The summed E-state index contributed by atoms with van der Waals surface area (Å²) in [5.74, 6) is 1.24. The lowest BCUT2D eigenvalue weighted by Gasteiger charge is -2.13. The summed E-state index contributed by atoms with van der Waals surface area (Å²) < 4.78 is 5.59. The van der Waals surface area contributed by atoms with Crippen molar-refractivity contribution in [1.29, 1.82) is 0 Å². The smallest absolute Gasteiger partial charge is 0.257 e. The number of nitrogens with two attached hydrogens (primary N) is 1. The van der Waals surface area contributed by atoms with Gasteiger partial charge in [0.15, 0.2) is 6.61 Å². The van der Waals surface area contributed by atoms with Gasteiger partial charge >= 0.3 is 0 Å². The number of carbonyl (C=O) groups is 1. The average Bonchev–Trinajstić information content (AvgIpc) is 2.36. The molecule has 1 amide bonds. The van der Waals surface area contributed by atoms with E-state index in [1.807, 2.05) is 31.2 Å². The van der Waals surface area contributed by atoms with E-state index in [0.29, 0.717) is 12.5 Å². The molecule has 0 radical (unpaired) electrons. The van der Waals surface area contributed by atoms with Crippen LogP contribution in [0.1, 0.15) is 32.8 Å². The fraction of sp³-hybridized carbons (Fsp3) is 0.562. The number of carbonyl (C=O) groups excluding carboxylic acids is 1. The summed E-state index contributed by atoms with van der Waals surface area (Å²) in [5.41, 5.74) is 6.85. The Labute approximate surface area is 121 Å². The van der Waals surface area contributed by atoms with Crippen LogP contribution in [0.15, 0.2) is 24.3 Å². The van der Waals surface area contributed by atoms with Crippen LogP contribution in [-0.2, 0) is 11.2 Å². The maximum Gasteiger partial charge on any atom is 0.257 e. The van der Waals surface area contributed by atoms with E-state index in [2.05, 4.69) is 19.2 Å². The largest absolute Gasteiger partial charge is 0.483 e. The van der Waals surface area contributed by atoms with Crippen LogP contribution in [0, 0.1) is 5.92 Å². The number of nitrogens with one attached hydrogen (secondary N) is 1. The number of rotatable bonds is 8. The third-order valence-corrected chi connectivity index (χ3v) is 2.92. The van der Waals surface area contributed by atoms with Crippen LogP contribution in [0.4, 0.5) is 0 Å². The van der Waals surface area contributed by atoms with Crippen molar-refractivity contribution in [2.45, 2.75) is 39.7 Å². The maximum atomic E-state index is 11.7. The molecule has 0 fully saturated rings. The molecule has 3 N–H and O–H groups in total. The number of benzene rings is 1. The molecule has 0 aliphatic rings. The molecule has 4 heteroatoms. The molecule has 0 aliphatic carbocycles. The van der Waals surface area contributed by atoms with Gasteiger partial charge in [-0.2, -0.15) is 0 Å². The lowest BCUT2D eigenvalue weighted by atomic mass is 10.1. The lowest BCUT2D eigenvalue weighted by Crippen LogP contribution is -2.30. The Morgan fingerprint density at radius 1 is 1.30 bits per heavy atom. The molecule has 20 heavy (non-hydrogen) atoms. The number of hydrogen-bond acceptors (Lipinski definition) is 3. The summed E-state index contributed by atoms with van der Waals surface area (Å²) in [6, 6.07) is 7.78. The van der Waals surface area contributed by atoms with Gasteiger partial charge in [0.05, 0.1) is 0 Å². The second kappa shape index (κ2) is 8.59. The lowest BCUT2D eigenvalue weighted by molar-refractivity contribution is -0.123. The van der Waals surface area contributed by atoms with Crippen molar-refractivity contribution in [3.8, 4) is 5.75 Å². The Balaban J connectivity index is 2.42. The molecule has 1 unspecified atom stereocenters. The highest BCUT2D eigenvalue weighted by atomic mass is 16.5. The Kier molecular flexibility index (Phi) is 7.09. The zero-order valence-electron chi connectivity index (χ0n) is 12.7. The molecule has 0 saturated heterocycles. The summed E-state index contributed by atoms with van der Waals surface area (Å²) in [6.45, 7) is 6.96. The second-order valence-electron chi connectivity index (χ2n) is 5.61. The first-order valence-electron chi connectivity index (χ1n) is 7.22. The summed E-state index contributed by atoms with van der Waals surface area (Å²) in [4.78, 5) is 11.7. The van der Waals surface area contributed by atoms with Crippen LogP contribution in [0.5, 0.6) is 5.75 Å². The maximum absolute atomic E-state index is 11.7. The van der Waals surface area contributed by atoms with Crippen LogP contribution < -0.4 is 15.8 Å². The van der Waals surface area contributed by atoms with Gasteiger partial charge in [-0.3, -0.25) is 4.79 Å². The van der Waals surface area contributed by atoms with E-state index in [0.717, 1.165) is 24.2 Å². The van der Waals surface area contributed by atoms with Gasteiger partial charge in [-0.25, -0.2) is 0 Å². The van der Waals surface area contributed by atoms with Gasteiger partial charge in [-0.15, -0.1) is 0 Å². The molecule has 1 atom stereocenters. The second-order valence-corrected chi connectivity index (χ2v) is 5.61. The minimum atomic E-state index is -0.0822. The fourth-order valence-electron chi connectivity index (χ4n) is 1.85. The minimum Gasteiger partial charge on any atom is -0.483 e. The summed E-state index contributed by atoms with van der Waals surface area (Å²) in [6.07, 6.45) is 1.72. The van der Waals surface area contributed by atoms with Gasteiger partial charge in [0, 0.05) is 12.6 Å². The van der Waals surface area contributed by atoms with Gasteiger partial charge in [0.2, 0.25) is 0 Å². The Morgan fingerprint density at radius 2 is 2.00 bits per heavy atom. The van der Waals surface area contributed by atoms with Gasteiger partial charge in [0.1, 0.15) is 5.75 Å². The zero-order chi connectivity index (χ0) is 15.0. The van der Waals surface area contributed by atoms with E-state index in [-0.39, 0.29) is 18.6 Å². The van der Waals surface area contributed by atoms with Crippen molar-refractivity contribution >= 4 is 5.91 Å². The average molecular weight is 278 g/mol. The quantitative estimate of drug-likeness (QED) is 0.765. The normalized spacial score (nSPS) is 12.2. The van der Waals surface area contributed by atoms with E-state index in [4.69, 9.17) is 10.5 Å². The van der Waals surface area contributed by atoms with E-state index in [9.17, 15) is 4.79 Å². The predicted octanol–water partition coefficient (Wildman–Crippen LogP) is 2.12. The molecule has 0 bridgehead atoms. The highest BCUT2D eigenvalue weighted by molar-refractivity contribution is 5.77. The molecule has 0 spiro atoms. The van der Waals surface area contributed by atoms with Crippen molar-refractivity contribution in [2.75, 3.05) is 13.2 Å². The molecule has 0 aromatic heterocycles. The molecule has 0 saturated carbocycles. The Morgan fingerprint density at radius 3 is 2.65 bits per heavy atom. The van der Waals surface area contributed by atoms with Crippen molar-refractivity contribution in [3.05, 3.63) is 29.8 Å². The zero-order valence-corrected chi connectivity index (χ0v) is 12.7. The number of amides is 1. The molecule has 0 aliphatic heterocycles. The van der Waals surface area contributed by atoms with Gasteiger partial charge in [-0.1, -0.05) is 32.0 Å². The standard InChI is InChI=1S/C16H26N2O2/c1-12(2)8-9-18-16(19)11-20-15-7-5-4-6-14(15)10-13(3)17/h4-7,12-13H,8-11,17H2,1-3H3,(H,18,19). The predicted molar refractivity (Wildman–Crippen MR) is 81.8 cm³/mol. The molecule has 1 aromatic carbocycles. The third-order valence-electron chi connectivity index (χ3n) is 2.92. The number of ether oxygens (including phenoxy) is 1. The Bertz CT molecular complexity index is 417. The van der Waals surface area contributed by atoms with Crippen LogP contribution in [-0.4, -0.2) is 25.1 Å². The van der Waals surface area contributed by atoms with Crippen molar-refractivity contribution in [1.82, 2.24) is 5.32 Å². The SMILES string of the molecule is CC(C)CCNC(=O)COc1ccccc1CC(C)N. The first-order chi connectivity index (χ1) is 9.49. The van der Waals surface area contributed by atoms with E-state index in [1.54, 1.807) is 0 Å². The number of para-hydroxylation sites is 1. The summed E-state index contributed by atoms with van der Waals surface area (Å²) >= 11 is 0. The van der Waals surface area contributed by atoms with Crippen LogP contribution in [0.3, 0.4) is 0 Å². The van der Waals surface area contributed by atoms with E-state index < -0.39 is 0 Å². The van der Waals surface area contributed by atoms with Gasteiger partial charge in [-0.05, 0) is 37.3 Å². The Hall–Kier alpha value is -1.55. The first-order valence-corrected chi connectivity index (χ1v) is 7.22. The molecule has 0 heterocycles. The highest BCUT2D eigenvalue weighted by Gasteiger charge is 2.08. The van der Waals surface area contributed by atoms with Gasteiger partial charge in [0.25, 0.3) is 5.91 Å². The molecular formula is C16H26N2O2. The van der Waals surface area contributed by atoms with E-state index >= 15 is 0 Å². The minimum absolute atomic E-state index is 0.0497. The molecule has 1 aromatic rings. The van der Waals surface area contributed by atoms with Crippen molar-refractivity contribution in [2.24, 2.45) is 11.7 Å². The summed E-state index contributed by atoms with van der Waals surface area (Å²) in [7, 11) is 0.